The Hall–Kier alpha value is -0.890. The predicted octanol–water partition coefficient (Wildman–Crippen LogP) is 4.37. The minimum atomic E-state index is -0.119. The Labute approximate surface area is 110 Å². The summed E-state index contributed by atoms with van der Waals surface area (Å²) in [6, 6.07) is 5.65. The smallest absolute Gasteiger partial charge is 0.123 e. The predicted molar refractivity (Wildman–Crippen MR) is 74.1 cm³/mol. The van der Waals surface area contributed by atoms with Crippen LogP contribution in [0.5, 0.6) is 0 Å². The maximum atomic E-state index is 13.4. The van der Waals surface area contributed by atoms with E-state index in [4.69, 9.17) is 0 Å². The van der Waals surface area contributed by atoms with Gasteiger partial charge in [-0.25, -0.2) is 4.39 Å². The molecule has 1 fully saturated rings. The molecular formula is C16H24FN. The van der Waals surface area contributed by atoms with E-state index in [1.54, 1.807) is 12.1 Å². The van der Waals surface area contributed by atoms with Crippen LogP contribution in [0.25, 0.3) is 0 Å². The van der Waals surface area contributed by atoms with Gasteiger partial charge in [-0.3, -0.25) is 0 Å². The molecule has 0 saturated heterocycles. The van der Waals surface area contributed by atoms with Gasteiger partial charge in [0.2, 0.25) is 0 Å². The highest BCUT2D eigenvalue weighted by molar-refractivity contribution is 5.26. The SMILES string of the molecule is CNC(CCC1CCCC1)c1cc(C)cc(F)c1. The van der Waals surface area contributed by atoms with Crippen LogP contribution in [0.4, 0.5) is 4.39 Å². The molecule has 2 rings (SSSR count). The summed E-state index contributed by atoms with van der Waals surface area (Å²) in [5.41, 5.74) is 2.10. The first kappa shape index (κ1) is 13.5. The fourth-order valence-corrected chi connectivity index (χ4v) is 3.14. The second-order valence-corrected chi connectivity index (χ2v) is 5.63. The third-order valence-electron chi connectivity index (χ3n) is 4.15. The van der Waals surface area contributed by atoms with Crippen LogP contribution in [0.15, 0.2) is 18.2 Å². The van der Waals surface area contributed by atoms with Crippen molar-refractivity contribution in [3.8, 4) is 0 Å². The molecular weight excluding hydrogens is 225 g/mol. The first-order valence-corrected chi connectivity index (χ1v) is 7.13. The Bertz CT molecular complexity index is 362. The van der Waals surface area contributed by atoms with Crippen molar-refractivity contribution in [2.75, 3.05) is 7.05 Å². The van der Waals surface area contributed by atoms with Crippen molar-refractivity contribution in [1.82, 2.24) is 5.32 Å². The van der Waals surface area contributed by atoms with Gasteiger partial charge in [0, 0.05) is 6.04 Å². The highest BCUT2D eigenvalue weighted by atomic mass is 19.1. The van der Waals surface area contributed by atoms with Gasteiger partial charge in [-0.05, 0) is 56.0 Å². The maximum Gasteiger partial charge on any atom is 0.123 e. The average Bonchev–Trinajstić information content (AvgIpc) is 2.81. The number of rotatable bonds is 5. The van der Waals surface area contributed by atoms with E-state index in [-0.39, 0.29) is 5.82 Å². The molecule has 0 aromatic heterocycles. The van der Waals surface area contributed by atoms with Crippen molar-refractivity contribution in [3.05, 3.63) is 35.1 Å². The molecule has 0 spiro atoms. The van der Waals surface area contributed by atoms with Crippen molar-refractivity contribution >= 4 is 0 Å². The molecule has 1 saturated carbocycles. The van der Waals surface area contributed by atoms with E-state index in [0.717, 1.165) is 23.5 Å². The van der Waals surface area contributed by atoms with Crippen LogP contribution in [-0.4, -0.2) is 7.05 Å². The molecule has 2 heteroatoms. The third-order valence-corrected chi connectivity index (χ3v) is 4.15. The highest BCUT2D eigenvalue weighted by Gasteiger charge is 2.18. The molecule has 1 aromatic carbocycles. The summed E-state index contributed by atoms with van der Waals surface area (Å²) >= 11 is 0. The zero-order chi connectivity index (χ0) is 13.0. The third kappa shape index (κ3) is 3.55. The lowest BCUT2D eigenvalue weighted by Crippen LogP contribution is -2.17. The molecule has 1 atom stereocenters. The van der Waals surface area contributed by atoms with Crippen LogP contribution < -0.4 is 5.32 Å². The lowest BCUT2D eigenvalue weighted by Gasteiger charge is -2.19. The first-order chi connectivity index (χ1) is 8.69. The lowest BCUT2D eigenvalue weighted by molar-refractivity contribution is 0.426. The van der Waals surface area contributed by atoms with Crippen molar-refractivity contribution in [2.24, 2.45) is 5.92 Å². The summed E-state index contributed by atoms with van der Waals surface area (Å²) in [5, 5.41) is 3.33. The second kappa shape index (κ2) is 6.33. The van der Waals surface area contributed by atoms with Crippen molar-refractivity contribution in [3.63, 3.8) is 0 Å². The summed E-state index contributed by atoms with van der Waals surface area (Å²) in [6.45, 7) is 1.95. The molecule has 0 heterocycles. The zero-order valence-corrected chi connectivity index (χ0v) is 11.5. The second-order valence-electron chi connectivity index (χ2n) is 5.63. The molecule has 0 bridgehead atoms. The zero-order valence-electron chi connectivity index (χ0n) is 11.5. The molecule has 1 unspecified atom stereocenters. The molecule has 18 heavy (non-hydrogen) atoms. The van der Waals surface area contributed by atoms with Crippen molar-refractivity contribution in [2.45, 2.75) is 51.5 Å². The summed E-state index contributed by atoms with van der Waals surface area (Å²) in [5.74, 6) is 0.779. The number of halogens is 1. The van der Waals surface area contributed by atoms with Crippen LogP contribution in [0.3, 0.4) is 0 Å². The number of hydrogen-bond donors (Lipinski definition) is 1. The van der Waals surface area contributed by atoms with Crippen LogP contribution in [-0.2, 0) is 0 Å². The summed E-state index contributed by atoms with van der Waals surface area (Å²) in [6.07, 6.45) is 7.95. The molecule has 100 valence electrons. The fourth-order valence-electron chi connectivity index (χ4n) is 3.14. The molecule has 0 aliphatic heterocycles. The molecule has 1 nitrogen and oxygen atoms in total. The van der Waals surface area contributed by atoms with Gasteiger partial charge in [0.25, 0.3) is 0 Å². The Morgan fingerprint density at radius 2 is 2.00 bits per heavy atom. The van der Waals surface area contributed by atoms with Crippen molar-refractivity contribution in [1.29, 1.82) is 0 Å². The molecule has 1 N–H and O–H groups in total. The Kier molecular flexibility index (Phi) is 4.76. The van der Waals surface area contributed by atoms with Gasteiger partial charge < -0.3 is 5.32 Å². The van der Waals surface area contributed by atoms with Crippen LogP contribution in [0.1, 0.15) is 55.7 Å². The quantitative estimate of drug-likeness (QED) is 0.817. The summed E-state index contributed by atoms with van der Waals surface area (Å²) < 4.78 is 13.4. The fraction of sp³-hybridized carbons (Fsp3) is 0.625. The Balaban J connectivity index is 1.98. The molecule has 1 aliphatic rings. The van der Waals surface area contributed by atoms with Gasteiger partial charge in [0.05, 0.1) is 0 Å². The monoisotopic (exact) mass is 249 g/mol. The number of hydrogen-bond acceptors (Lipinski definition) is 1. The Morgan fingerprint density at radius 3 is 2.61 bits per heavy atom. The number of benzene rings is 1. The largest absolute Gasteiger partial charge is 0.313 e. The average molecular weight is 249 g/mol. The van der Waals surface area contributed by atoms with Gasteiger partial charge in [0.1, 0.15) is 5.82 Å². The Morgan fingerprint density at radius 1 is 1.28 bits per heavy atom. The van der Waals surface area contributed by atoms with Gasteiger partial charge in [-0.1, -0.05) is 31.7 Å². The van der Waals surface area contributed by atoms with E-state index in [0.29, 0.717) is 6.04 Å². The minimum Gasteiger partial charge on any atom is -0.313 e. The number of aryl methyl sites for hydroxylation is 1. The van der Waals surface area contributed by atoms with E-state index in [1.807, 2.05) is 14.0 Å². The van der Waals surface area contributed by atoms with Crippen LogP contribution in [0.2, 0.25) is 0 Å². The molecule has 1 aliphatic carbocycles. The standard InChI is InChI=1S/C16H24FN/c1-12-9-14(11-15(17)10-12)16(18-2)8-7-13-5-3-4-6-13/h9-11,13,16,18H,3-8H2,1-2H3. The molecule has 0 radical (unpaired) electrons. The van der Waals surface area contributed by atoms with E-state index < -0.39 is 0 Å². The highest BCUT2D eigenvalue weighted by Crippen LogP contribution is 2.31. The normalized spacial score (nSPS) is 18.2. The minimum absolute atomic E-state index is 0.119. The van der Waals surface area contributed by atoms with E-state index in [9.17, 15) is 4.39 Å². The van der Waals surface area contributed by atoms with Gasteiger partial charge in [0.15, 0.2) is 0 Å². The van der Waals surface area contributed by atoms with E-state index in [1.165, 1.54) is 32.1 Å². The van der Waals surface area contributed by atoms with Gasteiger partial charge >= 0.3 is 0 Å². The molecule has 1 aromatic rings. The first-order valence-electron chi connectivity index (χ1n) is 7.13. The van der Waals surface area contributed by atoms with E-state index >= 15 is 0 Å². The topological polar surface area (TPSA) is 12.0 Å². The van der Waals surface area contributed by atoms with Crippen molar-refractivity contribution < 1.29 is 4.39 Å². The van der Waals surface area contributed by atoms with E-state index in [2.05, 4.69) is 11.4 Å². The van der Waals surface area contributed by atoms with Gasteiger partial charge in [-0.2, -0.15) is 0 Å². The summed E-state index contributed by atoms with van der Waals surface area (Å²) in [7, 11) is 1.97. The maximum absolute atomic E-state index is 13.4. The number of nitrogens with one attached hydrogen (secondary N) is 1. The van der Waals surface area contributed by atoms with Crippen LogP contribution in [0, 0.1) is 18.7 Å². The van der Waals surface area contributed by atoms with Crippen LogP contribution >= 0.6 is 0 Å². The summed E-state index contributed by atoms with van der Waals surface area (Å²) in [4.78, 5) is 0. The van der Waals surface area contributed by atoms with Gasteiger partial charge in [-0.15, -0.1) is 0 Å². The molecule has 0 amide bonds. The lowest BCUT2D eigenvalue weighted by atomic mass is 9.94.